The van der Waals surface area contributed by atoms with Gasteiger partial charge in [0.1, 0.15) is 0 Å². The molecule has 1 saturated heterocycles. The Morgan fingerprint density at radius 1 is 1.19 bits per heavy atom. The van der Waals surface area contributed by atoms with E-state index in [0.29, 0.717) is 6.54 Å². The highest BCUT2D eigenvalue weighted by Gasteiger charge is 2.24. The van der Waals surface area contributed by atoms with Crippen LogP contribution in [0.25, 0.3) is 0 Å². The van der Waals surface area contributed by atoms with E-state index in [1.807, 2.05) is 18.2 Å². The number of nitrogens with one attached hydrogen (secondary N) is 1. The molecule has 1 aromatic rings. The van der Waals surface area contributed by atoms with Crippen LogP contribution in [0.5, 0.6) is 0 Å². The molecule has 0 amide bonds. The molecule has 1 atom stereocenters. The molecule has 0 spiro atoms. The molecule has 0 bridgehead atoms. The van der Waals surface area contributed by atoms with Gasteiger partial charge in [0.15, 0.2) is 0 Å². The summed E-state index contributed by atoms with van der Waals surface area (Å²) in [6.45, 7) is 2.57. The van der Waals surface area contributed by atoms with Gasteiger partial charge in [0.2, 0.25) is 0 Å². The quantitative estimate of drug-likeness (QED) is 0.820. The fourth-order valence-corrected chi connectivity index (χ4v) is 3.32. The van der Waals surface area contributed by atoms with Crippen LogP contribution >= 0.6 is 0 Å². The van der Waals surface area contributed by atoms with Crippen molar-refractivity contribution in [2.45, 2.75) is 25.3 Å². The fourth-order valence-electron chi connectivity index (χ4n) is 2.65. The lowest BCUT2D eigenvalue weighted by Gasteiger charge is -2.28. The minimum Gasteiger partial charge on any atom is -0.299 e. The van der Waals surface area contributed by atoms with E-state index in [0.717, 1.165) is 19.5 Å². The third-order valence-electron chi connectivity index (χ3n) is 3.95. The van der Waals surface area contributed by atoms with Gasteiger partial charge in [-0.05, 0) is 37.9 Å². The summed E-state index contributed by atoms with van der Waals surface area (Å²) in [6, 6.07) is 10.5. The molecular weight excluding hydrogens is 286 g/mol. The van der Waals surface area contributed by atoms with Gasteiger partial charge in [-0.3, -0.25) is 4.90 Å². The van der Waals surface area contributed by atoms with Crippen LogP contribution in [0.1, 0.15) is 18.4 Å². The minimum atomic E-state index is -3.36. The Hall–Kier alpha value is -0.950. The molecule has 0 radical (unpaired) electrons. The molecule has 1 unspecified atom stereocenters. The molecule has 0 saturated carbocycles. The highest BCUT2D eigenvalue weighted by Crippen LogP contribution is 2.15. The lowest BCUT2D eigenvalue weighted by molar-refractivity contribution is 0.241. The Morgan fingerprint density at radius 3 is 2.38 bits per heavy atom. The predicted molar refractivity (Wildman–Crippen MR) is 85.4 cm³/mol. The van der Waals surface area contributed by atoms with E-state index in [-0.39, 0.29) is 6.04 Å². The van der Waals surface area contributed by atoms with E-state index in [2.05, 4.69) is 21.8 Å². The summed E-state index contributed by atoms with van der Waals surface area (Å²) < 4.78 is 27.7. The van der Waals surface area contributed by atoms with E-state index < -0.39 is 10.2 Å². The summed E-state index contributed by atoms with van der Waals surface area (Å²) in [5.74, 6) is 0. The highest BCUT2D eigenvalue weighted by molar-refractivity contribution is 7.87. The van der Waals surface area contributed by atoms with Crippen molar-refractivity contribution in [1.82, 2.24) is 13.9 Å². The van der Waals surface area contributed by atoms with Crippen LogP contribution in [0.2, 0.25) is 0 Å². The highest BCUT2D eigenvalue weighted by atomic mass is 32.2. The van der Waals surface area contributed by atoms with Crippen LogP contribution in [0, 0.1) is 0 Å². The van der Waals surface area contributed by atoms with Crippen LogP contribution in [-0.2, 0) is 16.6 Å². The van der Waals surface area contributed by atoms with Gasteiger partial charge in [0.05, 0.1) is 0 Å². The van der Waals surface area contributed by atoms with Crippen LogP contribution < -0.4 is 4.72 Å². The molecule has 0 aliphatic carbocycles. The molecule has 2 rings (SSSR count). The van der Waals surface area contributed by atoms with E-state index in [1.165, 1.54) is 22.7 Å². The van der Waals surface area contributed by atoms with Crippen molar-refractivity contribution in [2.24, 2.45) is 0 Å². The molecule has 6 heteroatoms. The number of hydrogen-bond donors (Lipinski definition) is 1. The van der Waals surface area contributed by atoms with Gasteiger partial charge in [0, 0.05) is 26.7 Å². The van der Waals surface area contributed by atoms with Gasteiger partial charge in [-0.2, -0.15) is 12.7 Å². The SMILES string of the molecule is CN(C)S(=O)(=O)NCC(Cc1ccccc1)N1CCCC1. The topological polar surface area (TPSA) is 52.7 Å². The standard InChI is InChI=1S/C15H25N3O2S/c1-17(2)21(19,20)16-13-15(18-10-6-7-11-18)12-14-8-4-3-5-9-14/h3-5,8-9,15-16H,6-7,10-13H2,1-2H3. The molecule has 21 heavy (non-hydrogen) atoms. The molecule has 1 N–H and O–H groups in total. The van der Waals surface area contributed by atoms with Gasteiger partial charge < -0.3 is 0 Å². The summed E-state index contributed by atoms with van der Waals surface area (Å²) >= 11 is 0. The summed E-state index contributed by atoms with van der Waals surface area (Å²) in [6.07, 6.45) is 3.27. The Labute approximate surface area is 128 Å². The van der Waals surface area contributed by atoms with E-state index >= 15 is 0 Å². The lowest BCUT2D eigenvalue weighted by atomic mass is 10.1. The van der Waals surface area contributed by atoms with Crippen LogP contribution in [0.15, 0.2) is 30.3 Å². The zero-order valence-electron chi connectivity index (χ0n) is 12.8. The zero-order chi connectivity index (χ0) is 15.3. The Morgan fingerprint density at radius 2 is 1.81 bits per heavy atom. The third-order valence-corrected chi connectivity index (χ3v) is 5.45. The van der Waals surface area contributed by atoms with Crippen LogP contribution in [0.3, 0.4) is 0 Å². The Bertz CT molecular complexity index is 525. The second-order valence-electron chi connectivity index (χ2n) is 5.72. The van der Waals surface area contributed by atoms with Crippen molar-refractivity contribution in [1.29, 1.82) is 0 Å². The second kappa shape index (κ2) is 7.35. The molecule has 1 aliphatic heterocycles. The molecule has 1 aliphatic rings. The lowest BCUT2D eigenvalue weighted by Crippen LogP contribution is -2.46. The second-order valence-corrected chi connectivity index (χ2v) is 7.69. The van der Waals surface area contributed by atoms with E-state index in [9.17, 15) is 8.42 Å². The van der Waals surface area contributed by atoms with Crippen LogP contribution in [-0.4, -0.2) is 57.4 Å². The first kappa shape index (κ1) is 16.4. The first-order valence-corrected chi connectivity index (χ1v) is 8.88. The summed E-state index contributed by atoms with van der Waals surface area (Å²) in [5.41, 5.74) is 1.25. The maximum Gasteiger partial charge on any atom is 0.278 e. The fraction of sp³-hybridized carbons (Fsp3) is 0.600. The molecule has 1 aromatic carbocycles. The molecule has 5 nitrogen and oxygen atoms in total. The summed E-state index contributed by atoms with van der Waals surface area (Å²) in [7, 11) is -0.266. The van der Waals surface area contributed by atoms with Gasteiger partial charge >= 0.3 is 0 Å². The number of benzene rings is 1. The Kier molecular flexibility index (Phi) is 5.75. The first-order chi connectivity index (χ1) is 9.99. The average molecular weight is 311 g/mol. The summed E-state index contributed by atoms with van der Waals surface area (Å²) in [4.78, 5) is 2.39. The molecule has 118 valence electrons. The maximum absolute atomic E-state index is 11.9. The largest absolute Gasteiger partial charge is 0.299 e. The van der Waals surface area contributed by atoms with E-state index in [1.54, 1.807) is 14.1 Å². The first-order valence-electron chi connectivity index (χ1n) is 7.44. The monoisotopic (exact) mass is 311 g/mol. The number of likely N-dealkylation sites (tertiary alicyclic amines) is 1. The number of nitrogens with zero attached hydrogens (tertiary/aromatic N) is 2. The van der Waals surface area contributed by atoms with Gasteiger partial charge in [-0.25, -0.2) is 4.72 Å². The number of rotatable bonds is 7. The van der Waals surface area contributed by atoms with E-state index in [4.69, 9.17) is 0 Å². The molecule has 1 heterocycles. The minimum absolute atomic E-state index is 0.213. The molecule has 0 aromatic heterocycles. The summed E-state index contributed by atoms with van der Waals surface area (Å²) in [5, 5.41) is 0. The normalized spacial score (nSPS) is 18.2. The van der Waals surface area contributed by atoms with Gasteiger partial charge in [0.25, 0.3) is 10.2 Å². The molecule has 1 fully saturated rings. The van der Waals surface area contributed by atoms with Crippen molar-refractivity contribution in [3.8, 4) is 0 Å². The smallest absolute Gasteiger partial charge is 0.278 e. The van der Waals surface area contributed by atoms with Crippen molar-refractivity contribution in [2.75, 3.05) is 33.7 Å². The van der Waals surface area contributed by atoms with Crippen molar-refractivity contribution in [3.63, 3.8) is 0 Å². The number of hydrogen-bond acceptors (Lipinski definition) is 3. The molecular formula is C15H25N3O2S. The Balaban J connectivity index is 2.02. The van der Waals surface area contributed by atoms with Crippen molar-refractivity contribution < 1.29 is 8.42 Å². The predicted octanol–water partition coefficient (Wildman–Crippen LogP) is 1.09. The maximum atomic E-state index is 11.9. The van der Waals surface area contributed by atoms with Crippen molar-refractivity contribution >= 4 is 10.2 Å². The van der Waals surface area contributed by atoms with Crippen molar-refractivity contribution in [3.05, 3.63) is 35.9 Å². The van der Waals surface area contributed by atoms with Crippen LogP contribution in [0.4, 0.5) is 0 Å². The average Bonchev–Trinajstić information content (AvgIpc) is 2.98. The third kappa shape index (κ3) is 4.78. The zero-order valence-corrected chi connectivity index (χ0v) is 13.6. The van der Waals surface area contributed by atoms with Gasteiger partial charge in [-0.1, -0.05) is 30.3 Å². The van der Waals surface area contributed by atoms with Gasteiger partial charge in [-0.15, -0.1) is 0 Å².